The maximum atomic E-state index is 5.35. The molecule has 2 unspecified atom stereocenters. The number of nitrogens with two attached hydrogens (primary N) is 1. The van der Waals surface area contributed by atoms with Crippen LogP contribution in [0.1, 0.15) is 20.3 Å². The van der Waals surface area contributed by atoms with Gasteiger partial charge in [-0.2, -0.15) is 0 Å². The van der Waals surface area contributed by atoms with Crippen molar-refractivity contribution >= 4 is 6.02 Å². The second-order valence-electron chi connectivity index (χ2n) is 2.73. The zero-order valence-corrected chi connectivity index (χ0v) is 6.50. The second kappa shape index (κ2) is 2.90. The summed E-state index contributed by atoms with van der Waals surface area (Å²) in [6.07, 6.45) is 1.13. The monoisotopic (exact) mass is 142 g/mol. The summed E-state index contributed by atoms with van der Waals surface area (Å²) in [5.41, 5.74) is 5.35. The van der Waals surface area contributed by atoms with Crippen LogP contribution in [-0.2, 0) is 4.74 Å². The molecule has 0 radical (unpaired) electrons. The van der Waals surface area contributed by atoms with Gasteiger partial charge in [0.05, 0.1) is 6.04 Å². The first-order valence-electron chi connectivity index (χ1n) is 3.70. The molecule has 0 aliphatic carbocycles. The van der Waals surface area contributed by atoms with Crippen molar-refractivity contribution in [2.45, 2.75) is 26.3 Å². The Labute approximate surface area is 61.3 Å². The van der Waals surface area contributed by atoms with E-state index in [9.17, 15) is 0 Å². The number of hydrogen-bond acceptors (Lipinski definition) is 3. The largest absolute Gasteiger partial charge is 0.463 e. The molecule has 1 aliphatic heterocycles. The molecule has 0 saturated carbocycles. The fourth-order valence-electron chi connectivity index (χ4n) is 0.972. The number of amidine groups is 1. The number of aliphatic imine (C=N–C) groups is 1. The van der Waals surface area contributed by atoms with Gasteiger partial charge in [-0.05, 0) is 5.92 Å². The minimum absolute atomic E-state index is 0.296. The van der Waals surface area contributed by atoms with Crippen LogP contribution < -0.4 is 5.73 Å². The molecule has 0 aromatic carbocycles. The molecule has 1 rings (SSSR count). The molecule has 58 valence electrons. The zero-order chi connectivity index (χ0) is 7.56. The van der Waals surface area contributed by atoms with E-state index in [2.05, 4.69) is 18.8 Å². The van der Waals surface area contributed by atoms with Crippen molar-refractivity contribution in [1.82, 2.24) is 0 Å². The van der Waals surface area contributed by atoms with Crippen LogP contribution in [0, 0.1) is 5.92 Å². The Morgan fingerprint density at radius 1 is 1.90 bits per heavy atom. The van der Waals surface area contributed by atoms with Crippen LogP contribution in [0.5, 0.6) is 0 Å². The van der Waals surface area contributed by atoms with E-state index < -0.39 is 0 Å². The third-order valence-corrected chi connectivity index (χ3v) is 2.00. The van der Waals surface area contributed by atoms with Crippen molar-refractivity contribution in [2.24, 2.45) is 16.6 Å². The molecule has 3 heteroatoms. The van der Waals surface area contributed by atoms with Crippen molar-refractivity contribution in [2.75, 3.05) is 6.61 Å². The number of nitrogens with zero attached hydrogens (tertiary/aromatic N) is 1. The first kappa shape index (κ1) is 7.38. The van der Waals surface area contributed by atoms with Gasteiger partial charge in [0.2, 0.25) is 0 Å². The topological polar surface area (TPSA) is 47.6 Å². The predicted molar refractivity (Wildman–Crippen MR) is 40.8 cm³/mol. The van der Waals surface area contributed by atoms with Crippen LogP contribution in [0.2, 0.25) is 0 Å². The molecule has 0 fully saturated rings. The Kier molecular flexibility index (Phi) is 2.14. The molecule has 0 spiro atoms. The summed E-state index contributed by atoms with van der Waals surface area (Å²) >= 11 is 0. The normalized spacial score (nSPS) is 27.4. The van der Waals surface area contributed by atoms with Crippen LogP contribution in [0.25, 0.3) is 0 Å². The molecular formula is C7H14N2O. The minimum Gasteiger partial charge on any atom is -0.463 e. The Bertz CT molecular complexity index is 145. The second-order valence-corrected chi connectivity index (χ2v) is 2.73. The van der Waals surface area contributed by atoms with Gasteiger partial charge in [-0.25, -0.2) is 4.99 Å². The van der Waals surface area contributed by atoms with Crippen LogP contribution in [0.3, 0.4) is 0 Å². The molecule has 0 amide bonds. The molecule has 1 heterocycles. The van der Waals surface area contributed by atoms with E-state index in [1.54, 1.807) is 0 Å². The van der Waals surface area contributed by atoms with Gasteiger partial charge in [0, 0.05) is 0 Å². The van der Waals surface area contributed by atoms with Gasteiger partial charge in [-0.3, -0.25) is 0 Å². The molecule has 0 aromatic heterocycles. The molecule has 3 nitrogen and oxygen atoms in total. The molecule has 0 saturated heterocycles. The quantitative estimate of drug-likeness (QED) is 0.618. The molecule has 0 bridgehead atoms. The standard InChI is InChI=1S/C7H14N2O/c1-3-5(2)6-4-10-7(8)9-6/h5-6H,3-4H2,1-2H3,(H2,8,9). The van der Waals surface area contributed by atoms with Gasteiger partial charge in [0.1, 0.15) is 6.61 Å². The first-order valence-corrected chi connectivity index (χ1v) is 3.70. The lowest BCUT2D eigenvalue weighted by atomic mass is 10.0. The van der Waals surface area contributed by atoms with Crippen molar-refractivity contribution in [3.63, 3.8) is 0 Å². The number of rotatable bonds is 2. The van der Waals surface area contributed by atoms with Gasteiger partial charge >= 0.3 is 0 Å². The van der Waals surface area contributed by atoms with E-state index in [0.29, 0.717) is 24.6 Å². The molecule has 2 atom stereocenters. The van der Waals surface area contributed by atoms with E-state index >= 15 is 0 Å². The summed E-state index contributed by atoms with van der Waals surface area (Å²) in [6.45, 7) is 4.98. The Balaban J connectivity index is 2.44. The van der Waals surface area contributed by atoms with Crippen molar-refractivity contribution < 1.29 is 4.74 Å². The van der Waals surface area contributed by atoms with Gasteiger partial charge in [0.15, 0.2) is 0 Å². The number of hydrogen-bond donors (Lipinski definition) is 1. The summed E-state index contributed by atoms with van der Waals surface area (Å²) in [6, 6.07) is 0.648. The zero-order valence-electron chi connectivity index (χ0n) is 6.50. The van der Waals surface area contributed by atoms with E-state index in [-0.39, 0.29) is 0 Å². The fourth-order valence-corrected chi connectivity index (χ4v) is 0.972. The Morgan fingerprint density at radius 3 is 3.00 bits per heavy atom. The molecule has 1 aliphatic rings. The highest BCUT2D eigenvalue weighted by atomic mass is 16.5. The average Bonchev–Trinajstić information content (AvgIpc) is 2.34. The average molecular weight is 142 g/mol. The molecule has 2 N–H and O–H groups in total. The van der Waals surface area contributed by atoms with Crippen LogP contribution >= 0.6 is 0 Å². The maximum Gasteiger partial charge on any atom is 0.282 e. The van der Waals surface area contributed by atoms with Crippen molar-refractivity contribution in [1.29, 1.82) is 0 Å². The summed E-state index contributed by atoms with van der Waals surface area (Å²) in [4.78, 5) is 4.13. The molecular weight excluding hydrogens is 128 g/mol. The van der Waals surface area contributed by atoms with E-state index in [1.165, 1.54) is 0 Å². The van der Waals surface area contributed by atoms with Gasteiger partial charge in [-0.1, -0.05) is 20.3 Å². The summed E-state index contributed by atoms with van der Waals surface area (Å²) in [5.74, 6) is 0.584. The lowest BCUT2D eigenvalue weighted by Crippen LogP contribution is -2.16. The smallest absolute Gasteiger partial charge is 0.282 e. The van der Waals surface area contributed by atoms with Crippen LogP contribution in [0.15, 0.2) is 4.99 Å². The summed E-state index contributed by atoms with van der Waals surface area (Å²) in [7, 11) is 0. The van der Waals surface area contributed by atoms with Gasteiger partial charge in [0.25, 0.3) is 6.02 Å². The van der Waals surface area contributed by atoms with Gasteiger partial charge < -0.3 is 10.5 Å². The third kappa shape index (κ3) is 1.40. The Hall–Kier alpha value is -0.730. The Morgan fingerprint density at radius 2 is 2.60 bits per heavy atom. The van der Waals surface area contributed by atoms with Crippen molar-refractivity contribution in [3.05, 3.63) is 0 Å². The number of ether oxygens (including phenoxy) is 1. The van der Waals surface area contributed by atoms with E-state index in [0.717, 1.165) is 6.42 Å². The molecule has 0 aromatic rings. The van der Waals surface area contributed by atoms with E-state index in [1.807, 2.05) is 0 Å². The highest BCUT2D eigenvalue weighted by Gasteiger charge is 2.21. The maximum absolute atomic E-state index is 5.35. The van der Waals surface area contributed by atoms with Crippen LogP contribution in [-0.4, -0.2) is 18.7 Å². The van der Waals surface area contributed by atoms with E-state index in [4.69, 9.17) is 10.5 Å². The minimum atomic E-state index is 0.296. The highest BCUT2D eigenvalue weighted by Crippen LogP contribution is 2.15. The fraction of sp³-hybridized carbons (Fsp3) is 0.857. The van der Waals surface area contributed by atoms with Gasteiger partial charge in [-0.15, -0.1) is 0 Å². The van der Waals surface area contributed by atoms with Crippen molar-refractivity contribution in [3.8, 4) is 0 Å². The molecule has 10 heavy (non-hydrogen) atoms. The highest BCUT2D eigenvalue weighted by molar-refractivity contribution is 5.73. The predicted octanol–water partition coefficient (Wildman–Crippen LogP) is 0.746. The summed E-state index contributed by atoms with van der Waals surface area (Å²) < 4.78 is 5.02. The summed E-state index contributed by atoms with van der Waals surface area (Å²) in [5, 5.41) is 0. The SMILES string of the molecule is CCC(C)C1COC(N)=N1. The first-order chi connectivity index (χ1) is 4.74. The lowest BCUT2D eigenvalue weighted by molar-refractivity contribution is 0.279. The van der Waals surface area contributed by atoms with Crippen LogP contribution in [0.4, 0.5) is 0 Å². The third-order valence-electron chi connectivity index (χ3n) is 2.00. The lowest BCUT2D eigenvalue weighted by Gasteiger charge is -2.10.